The second-order valence-corrected chi connectivity index (χ2v) is 5.14. The van der Waals surface area contributed by atoms with Crippen molar-refractivity contribution in [1.82, 2.24) is 0 Å². The number of ether oxygens (including phenoxy) is 1. The molecule has 0 rings (SSSR count). The Morgan fingerprint density at radius 2 is 1.33 bits per heavy atom. The van der Waals surface area contributed by atoms with Gasteiger partial charge in [-0.15, -0.1) is 30.3 Å². The van der Waals surface area contributed by atoms with Crippen molar-refractivity contribution >= 4 is 11.9 Å². The van der Waals surface area contributed by atoms with Crippen molar-refractivity contribution in [3.8, 4) is 0 Å². The first-order valence-electron chi connectivity index (χ1n) is 6.93. The molecule has 0 bridgehead atoms. The highest BCUT2D eigenvalue weighted by molar-refractivity contribution is 5.75. The van der Waals surface area contributed by atoms with Crippen LogP contribution in [0.1, 0.15) is 12.8 Å². The van der Waals surface area contributed by atoms with E-state index >= 15 is 0 Å². The third-order valence-corrected chi connectivity index (χ3v) is 2.94. The number of carboxylic acid groups (broad SMARTS) is 1. The summed E-state index contributed by atoms with van der Waals surface area (Å²) in [6, 6.07) is -1.35. The topological polar surface area (TPSA) is 247 Å². The Morgan fingerprint density at radius 1 is 0.926 bits per heavy atom. The van der Waals surface area contributed by atoms with Gasteiger partial charge in [0, 0.05) is 6.42 Å². The predicted octanol–water partition coefficient (Wildman–Crippen LogP) is -1.67. The van der Waals surface area contributed by atoms with Crippen molar-refractivity contribution in [3.05, 3.63) is 30.3 Å². The molecular weight excluding hydrogens is 384 g/mol. The largest absolute Gasteiger partial charge is 0.480 e. The van der Waals surface area contributed by atoms with E-state index in [1.54, 1.807) is 0 Å². The first kappa shape index (κ1) is 23.5. The van der Waals surface area contributed by atoms with E-state index in [1.807, 2.05) is 0 Å². The molecule has 154 valence electrons. The number of hydrogen-bond donors (Lipinski definition) is 2. The fraction of sp³-hybridized carbons (Fsp3) is 0.800. The zero-order valence-electron chi connectivity index (χ0n) is 13.6. The molecule has 3 N–H and O–H groups in total. The van der Waals surface area contributed by atoms with Gasteiger partial charge in [0.2, 0.25) is 0 Å². The minimum Gasteiger partial charge on any atom is -0.480 e. The van der Waals surface area contributed by atoms with E-state index in [2.05, 4.69) is 14.5 Å². The van der Waals surface area contributed by atoms with Crippen LogP contribution in [0.2, 0.25) is 0 Å². The molecule has 0 saturated carbocycles. The molecule has 1 atom stereocenters. The Bertz CT molecular complexity index is 522. The zero-order valence-corrected chi connectivity index (χ0v) is 13.6. The Balaban J connectivity index is 5.05. The van der Waals surface area contributed by atoms with Crippen LogP contribution in [0.5, 0.6) is 0 Å². The number of hydrogen-bond acceptors (Lipinski definition) is 13. The minimum absolute atomic E-state index is 0.302. The molecule has 0 saturated heterocycles. The van der Waals surface area contributed by atoms with Gasteiger partial charge >= 0.3 is 11.9 Å². The molecule has 0 spiro atoms. The Labute approximate surface area is 149 Å². The molecule has 0 aliphatic carbocycles. The molecule has 0 aliphatic rings. The van der Waals surface area contributed by atoms with Gasteiger partial charge in [-0.05, 0) is 6.42 Å². The third-order valence-electron chi connectivity index (χ3n) is 2.94. The number of aliphatic carboxylic acids is 1. The lowest BCUT2D eigenvalue weighted by atomic mass is 9.92. The van der Waals surface area contributed by atoms with Crippen molar-refractivity contribution in [3.63, 3.8) is 0 Å². The number of nitrogens with zero attached hydrogens (tertiary/aromatic N) is 3. The first-order valence-corrected chi connectivity index (χ1v) is 6.93. The molecule has 17 nitrogen and oxygen atoms in total. The summed E-state index contributed by atoms with van der Waals surface area (Å²) in [6.45, 7) is -3.85. The summed E-state index contributed by atoms with van der Waals surface area (Å²) >= 11 is 0. The Morgan fingerprint density at radius 3 is 1.67 bits per heavy atom. The van der Waals surface area contributed by atoms with Gasteiger partial charge in [-0.2, -0.15) is 0 Å². The van der Waals surface area contributed by atoms with Crippen molar-refractivity contribution < 1.29 is 49.2 Å². The van der Waals surface area contributed by atoms with Crippen LogP contribution in [0.15, 0.2) is 0 Å². The highest BCUT2D eigenvalue weighted by Crippen LogP contribution is 2.21. The number of carboxylic acids is 1. The van der Waals surface area contributed by atoms with Crippen LogP contribution in [0, 0.1) is 35.8 Å². The SMILES string of the molecule is N[C@@H](CCC(=O)OCC(CO[N+](=O)[O-])(CO[N+](=O)[O-])CO[N+](=O)[O-])C(=O)O. The van der Waals surface area contributed by atoms with Gasteiger partial charge in [-0.1, -0.05) is 0 Å². The molecule has 0 aliphatic heterocycles. The van der Waals surface area contributed by atoms with Crippen LogP contribution in [0.4, 0.5) is 0 Å². The highest BCUT2D eigenvalue weighted by Gasteiger charge is 2.37. The number of carbonyl (C=O) groups is 2. The number of nitrogens with two attached hydrogens (primary N) is 1. The quantitative estimate of drug-likeness (QED) is 0.177. The van der Waals surface area contributed by atoms with Crippen LogP contribution in [0.3, 0.4) is 0 Å². The van der Waals surface area contributed by atoms with Gasteiger partial charge in [0.1, 0.15) is 32.5 Å². The van der Waals surface area contributed by atoms with Crippen LogP contribution >= 0.6 is 0 Å². The van der Waals surface area contributed by atoms with Gasteiger partial charge < -0.3 is 30.1 Å². The fourth-order valence-electron chi connectivity index (χ4n) is 1.52. The van der Waals surface area contributed by atoms with Gasteiger partial charge in [-0.3, -0.25) is 9.59 Å². The first-order chi connectivity index (χ1) is 12.5. The maximum absolute atomic E-state index is 11.6. The maximum Gasteiger partial charge on any atom is 0.320 e. The lowest BCUT2D eigenvalue weighted by molar-refractivity contribution is -0.782. The van der Waals surface area contributed by atoms with Crippen molar-refractivity contribution in [2.45, 2.75) is 18.9 Å². The molecule has 0 aromatic heterocycles. The standard InChI is InChI=1S/C10H16N4O13/c11-7(9(16)17)1-2-8(15)24-3-10(4-25-12(18)19,5-26-13(20)21)6-27-14(22)23/h7H,1-6,11H2,(H,16,17)/t7-/m0/s1. The van der Waals surface area contributed by atoms with E-state index in [-0.39, 0.29) is 6.42 Å². The van der Waals surface area contributed by atoms with E-state index < -0.39 is 71.5 Å². The number of carbonyl (C=O) groups excluding carboxylic acids is 1. The normalized spacial score (nSPS) is 11.7. The molecular formula is C10H16N4O13. The summed E-state index contributed by atoms with van der Waals surface area (Å²) < 4.78 is 4.74. The summed E-state index contributed by atoms with van der Waals surface area (Å²) in [5.41, 5.74) is 3.22. The highest BCUT2D eigenvalue weighted by atomic mass is 17.0. The molecule has 0 heterocycles. The summed E-state index contributed by atoms with van der Waals surface area (Å²) in [4.78, 5) is 65.5. The zero-order chi connectivity index (χ0) is 21.0. The predicted molar refractivity (Wildman–Crippen MR) is 77.1 cm³/mol. The van der Waals surface area contributed by atoms with Gasteiger partial charge in [0.05, 0.1) is 5.41 Å². The smallest absolute Gasteiger partial charge is 0.320 e. The van der Waals surface area contributed by atoms with Crippen molar-refractivity contribution in [1.29, 1.82) is 0 Å². The molecule has 0 unspecified atom stereocenters. The second-order valence-electron chi connectivity index (χ2n) is 5.14. The molecule has 0 radical (unpaired) electrons. The summed E-state index contributed by atoms with van der Waals surface area (Å²) in [7, 11) is 0. The van der Waals surface area contributed by atoms with E-state index in [0.29, 0.717) is 0 Å². The average molecular weight is 400 g/mol. The van der Waals surface area contributed by atoms with E-state index in [1.165, 1.54) is 0 Å². The lowest BCUT2D eigenvalue weighted by Gasteiger charge is -2.29. The van der Waals surface area contributed by atoms with Gasteiger partial charge in [-0.25, -0.2) is 0 Å². The molecule has 0 aromatic rings. The monoisotopic (exact) mass is 400 g/mol. The van der Waals surface area contributed by atoms with Gasteiger partial charge in [0.25, 0.3) is 15.3 Å². The second kappa shape index (κ2) is 11.2. The summed E-state index contributed by atoms with van der Waals surface area (Å²) in [5, 5.41) is 35.8. The lowest BCUT2D eigenvalue weighted by Crippen LogP contribution is -2.44. The Kier molecular flexibility index (Phi) is 9.73. The van der Waals surface area contributed by atoms with Crippen molar-refractivity contribution in [2.75, 3.05) is 26.4 Å². The van der Waals surface area contributed by atoms with E-state index in [0.717, 1.165) is 0 Å². The maximum atomic E-state index is 11.6. The molecule has 17 heteroatoms. The summed E-state index contributed by atoms with van der Waals surface area (Å²) in [5.74, 6) is -2.38. The molecule has 0 aromatic carbocycles. The van der Waals surface area contributed by atoms with Crippen LogP contribution < -0.4 is 5.73 Å². The number of rotatable bonds is 15. The third kappa shape index (κ3) is 10.9. The number of esters is 1. The van der Waals surface area contributed by atoms with Crippen LogP contribution in [-0.4, -0.2) is 64.8 Å². The average Bonchev–Trinajstić information content (AvgIpc) is 2.57. The Hall–Kier alpha value is -3.50. The van der Waals surface area contributed by atoms with Crippen LogP contribution in [-0.2, 0) is 28.8 Å². The molecule has 0 amide bonds. The van der Waals surface area contributed by atoms with E-state index in [4.69, 9.17) is 15.6 Å². The fourth-order valence-corrected chi connectivity index (χ4v) is 1.52. The molecule has 27 heavy (non-hydrogen) atoms. The van der Waals surface area contributed by atoms with Crippen LogP contribution in [0.25, 0.3) is 0 Å². The minimum atomic E-state index is -1.97. The summed E-state index contributed by atoms with van der Waals surface area (Å²) in [6.07, 6.45) is -0.769. The molecule has 0 fully saturated rings. The van der Waals surface area contributed by atoms with E-state index in [9.17, 15) is 39.9 Å². The van der Waals surface area contributed by atoms with Gasteiger partial charge in [0.15, 0.2) is 0 Å². The van der Waals surface area contributed by atoms with Crippen molar-refractivity contribution in [2.24, 2.45) is 11.1 Å².